The summed E-state index contributed by atoms with van der Waals surface area (Å²) >= 11 is 12.0. The van der Waals surface area contributed by atoms with Crippen molar-refractivity contribution in [2.24, 2.45) is 0 Å². The minimum absolute atomic E-state index is 0.143. The Hall–Kier alpha value is -0.250. The van der Waals surface area contributed by atoms with Crippen molar-refractivity contribution >= 4 is 40.2 Å². The Balaban J connectivity index is 3.35. The third-order valence-corrected chi connectivity index (χ3v) is 2.90. The Morgan fingerprint density at radius 3 is 2.62 bits per heavy atom. The lowest BCUT2D eigenvalue weighted by Gasteiger charge is -2.04. The van der Waals surface area contributed by atoms with Crippen molar-refractivity contribution in [1.82, 2.24) is 0 Å². The van der Waals surface area contributed by atoms with Crippen molar-refractivity contribution in [2.75, 3.05) is 6.26 Å². The van der Waals surface area contributed by atoms with Gasteiger partial charge in [-0.1, -0.05) is 11.6 Å². The summed E-state index contributed by atoms with van der Waals surface area (Å²) in [5, 5.41) is -0.531. The second-order valence-corrected chi connectivity index (χ2v) is 3.78. The standard InChI is InChI=1S/C8H5Cl2FOS/c1-13-7-5(9)3-2-4(6(7)11)8(10)12/h2-3H,1H3. The van der Waals surface area contributed by atoms with Gasteiger partial charge in [-0.2, -0.15) is 0 Å². The molecule has 0 N–H and O–H groups in total. The molecule has 0 atom stereocenters. The molecule has 1 aromatic rings. The van der Waals surface area contributed by atoms with Crippen LogP contribution in [0.1, 0.15) is 10.4 Å². The normalized spacial score (nSPS) is 10.2. The lowest BCUT2D eigenvalue weighted by atomic mass is 10.2. The lowest BCUT2D eigenvalue weighted by Crippen LogP contribution is -1.96. The molecule has 0 spiro atoms. The molecular weight excluding hydrogens is 234 g/mol. The number of benzene rings is 1. The Morgan fingerprint density at radius 2 is 2.15 bits per heavy atom. The zero-order valence-corrected chi connectivity index (χ0v) is 8.93. The van der Waals surface area contributed by atoms with Crippen molar-refractivity contribution in [3.8, 4) is 0 Å². The van der Waals surface area contributed by atoms with Crippen LogP contribution in [-0.4, -0.2) is 11.5 Å². The molecule has 0 heterocycles. The van der Waals surface area contributed by atoms with E-state index in [4.69, 9.17) is 23.2 Å². The first-order chi connectivity index (χ1) is 6.07. The molecule has 0 aromatic heterocycles. The van der Waals surface area contributed by atoms with E-state index in [2.05, 4.69) is 0 Å². The van der Waals surface area contributed by atoms with Crippen LogP contribution < -0.4 is 0 Å². The fourth-order valence-corrected chi connectivity index (χ4v) is 1.95. The highest BCUT2D eigenvalue weighted by atomic mass is 35.5. The fraction of sp³-hybridized carbons (Fsp3) is 0.125. The van der Waals surface area contributed by atoms with Crippen molar-refractivity contribution < 1.29 is 9.18 Å². The summed E-state index contributed by atoms with van der Waals surface area (Å²) in [4.78, 5) is 11.0. The van der Waals surface area contributed by atoms with Gasteiger partial charge in [-0.05, 0) is 30.0 Å². The van der Waals surface area contributed by atoms with E-state index in [1.807, 2.05) is 0 Å². The molecular formula is C8H5Cl2FOS. The summed E-state index contributed by atoms with van der Waals surface area (Å²) in [6.45, 7) is 0. The summed E-state index contributed by atoms with van der Waals surface area (Å²) in [6, 6.07) is 2.72. The van der Waals surface area contributed by atoms with Crippen molar-refractivity contribution in [2.45, 2.75) is 4.90 Å². The van der Waals surface area contributed by atoms with Gasteiger partial charge in [0.05, 0.1) is 15.5 Å². The molecule has 0 radical (unpaired) electrons. The van der Waals surface area contributed by atoms with Gasteiger partial charge < -0.3 is 0 Å². The second kappa shape index (κ2) is 4.31. The maximum atomic E-state index is 13.4. The van der Waals surface area contributed by atoms with Crippen molar-refractivity contribution in [1.29, 1.82) is 0 Å². The van der Waals surface area contributed by atoms with Gasteiger partial charge in [0.25, 0.3) is 5.24 Å². The summed E-state index contributed by atoms with van der Waals surface area (Å²) < 4.78 is 13.4. The van der Waals surface area contributed by atoms with Gasteiger partial charge in [0.1, 0.15) is 5.82 Å². The van der Waals surface area contributed by atoms with Crippen LogP contribution in [0, 0.1) is 5.82 Å². The van der Waals surface area contributed by atoms with Crippen LogP contribution in [0.15, 0.2) is 17.0 Å². The maximum Gasteiger partial charge on any atom is 0.255 e. The number of carbonyl (C=O) groups excluding carboxylic acids is 1. The molecule has 0 aliphatic heterocycles. The zero-order valence-electron chi connectivity index (χ0n) is 6.61. The fourth-order valence-electron chi connectivity index (χ4n) is 0.871. The molecule has 13 heavy (non-hydrogen) atoms. The molecule has 1 rings (SSSR count). The average Bonchev–Trinajstić information content (AvgIpc) is 2.04. The van der Waals surface area contributed by atoms with Crippen LogP contribution in [0.2, 0.25) is 5.02 Å². The van der Waals surface area contributed by atoms with E-state index in [-0.39, 0.29) is 15.5 Å². The third-order valence-electron chi connectivity index (χ3n) is 1.46. The number of halogens is 3. The first-order valence-electron chi connectivity index (χ1n) is 3.29. The minimum Gasteiger partial charge on any atom is -0.275 e. The zero-order chi connectivity index (χ0) is 10.0. The van der Waals surface area contributed by atoms with Gasteiger partial charge in [0.2, 0.25) is 0 Å². The van der Waals surface area contributed by atoms with Crippen LogP contribution >= 0.6 is 35.0 Å². The highest BCUT2D eigenvalue weighted by molar-refractivity contribution is 7.98. The highest BCUT2D eigenvalue weighted by Crippen LogP contribution is 2.30. The molecule has 1 nitrogen and oxygen atoms in total. The van der Waals surface area contributed by atoms with Crippen LogP contribution in [-0.2, 0) is 0 Å². The lowest BCUT2D eigenvalue weighted by molar-refractivity contribution is 0.107. The first kappa shape index (κ1) is 10.8. The van der Waals surface area contributed by atoms with E-state index in [9.17, 15) is 9.18 Å². The number of hydrogen-bond donors (Lipinski definition) is 0. The van der Waals surface area contributed by atoms with Gasteiger partial charge >= 0.3 is 0 Å². The van der Waals surface area contributed by atoms with E-state index in [0.29, 0.717) is 0 Å². The predicted molar refractivity (Wildman–Crippen MR) is 53.4 cm³/mol. The molecule has 0 fully saturated rings. The number of rotatable bonds is 2. The second-order valence-electron chi connectivity index (χ2n) is 2.22. The van der Waals surface area contributed by atoms with Gasteiger partial charge in [0.15, 0.2) is 0 Å². The number of thioether (sulfide) groups is 1. The van der Waals surface area contributed by atoms with E-state index in [1.165, 1.54) is 12.1 Å². The van der Waals surface area contributed by atoms with Gasteiger partial charge in [-0.25, -0.2) is 4.39 Å². The van der Waals surface area contributed by atoms with Gasteiger partial charge in [-0.15, -0.1) is 11.8 Å². The topological polar surface area (TPSA) is 17.1 Å². The first-order valence-corrected chi connectivity index (χ1v) is 5.27. The van der Waals surface area contributed by atoms with Crippen LogP contribution in [0.25, 0.3) is 0 Å². The summed E-state index contributed by atoms with van der Waals surface area (Å²) in [5.74, 6) is -0.653. The Morgan fingerprint density at radius 1 is 1.54 bits per heavy atom. The maximum absolute atomic E-state index is 13.4. The number of carbonyl (C=O) groups is 1. The summed E-state index contributed by atoms with van der Waals surface area (Å²) in [5.41, 5.74) is -0.143. The number of hydrogen-bond acceptors (Lipinski definition) is 2. The van der Waals surface area contributed by atoms with E-state index in [1.54, 1.807) is 6.26 Å². The molecule has 0 aliphatic rings. The Kier molecular flexibility index (Phi) is 3.59. The smallest absolute Gasteiger partial charge is 0.255 e. The molecule has 70 valence electrons. The minimum atomic E-state index is -0.815. The predicted octanol–water partition coefficient (Wildman–Crippen LogP) is 3.58. The van der Waals surface area contributed by atoms with Crippen molar-refractivity contribution in [3.63, 3.8) is 0 Å². The molecule has 0 aliphatic carbocycles. The molecule has 5 heteroatoms. The SMILES string of the molecule is CSc1c(Cl)ccc(C(=O)Cl)c1F. The molecule has 0 bridgehead atoms. The average molecular weight is 239 g/mol. The van der Waals surface area contributed by atoms with Crippen LogP contribution in [0.5, 0.6) is 0 Å². The van der Waals surface area contributed by atoms with E-state index in [0.717, 1.165) is 11.8 Å². The molecule has 1 aromatic carbocycles. The van der Waals surface area contributed by atoms with Gasteiger partial charge in [-0.3, -0.25) is 4.79 Å². The Bertz CT molecular complexity index is 354. The summed E-state index contributed by atoms with van der Waals surface area (Å²) in [7, 11) is 0. The van der Waals surface area contributed by atoms with Crippen LogP contribution in [0.4, 0.5) is 4.39 Å². The van der Waals surface area contributed by atoms with E-state index >= 15 is 0 Å². The monoisotopic (exact) mass is 238 g/mol. The van der Waals surface area contributed by atoms with Crippen LogP contribution in [0.3, 0.4) is 0 Å². The molecule has 0 saturated carbocycles. The Labute approximate surface area is 89.2 Å². The third kappa shape index (κ3) is 2.16. The van der Waals surface area contributed by atoms with E-state index < -0.39 is 11.1 Å². The largest absolute Gasteiger partial charge is 0.275 e. The highest BCUT2D eigenvalue weighted by Gasteiger charge is 2.15. The molecule has 0 saturated heterocycles. The molecule has 0 amide bonds. The van der Waals surface area contributed by atoms with Crippen molar-refractivity contribution in [3.05, 3.63) is 28.5 Å². The quantitative estimate of drug-likeness (QED) is 0.579. The van der Waals surface area contributed by atoms with Gasteiger partial charge in [0, 0.05) is 0 Å². The molecule has 0 unspecified atom stereocenters. The summed E-state index contributed by atoms with van der Waals surface area (Å²) in [6.07, 6.45) is 1.67.